The minimum absolute atomic E-state index is 0.0151. The largest absolute Gasteiger partial charge is 0.398 e. The Morgan fingerprint density at radius 3 is 2.79 bits per heavy atom. The number of halogens is 1. The Morgan fingerprint density at radius 2 is 2.21 bits per heavy atom. The number of benzene rings is 1. The third-order valence-electron chi connectivity index (χ3n) is 1.86. The zero-order valence-corrected chi connectivity index (χ0v) is 8.01. The van der Waals surface area contributed by atoms with E-state index in [0.717, 1.165) is 0 Å². The summed E-state index contributed by atoms with van der Waals surface area (Å²) in [5.74, 6) is -0.391. The molecule has 3 heteroatoms. The first kappa shape index (κ1) is 10.4. The van der Waals surface area contributed by atoms with Gasteiger partial charge in [-0.25, -0.2) is 4.39 Å². The Morgan fingerprint density at radius 1 is 1.57 bits per heavy atom. The van der Waals surface area contributed by atoms with E-state index >= 15 is 0 Å². The van der Waals surface area contributed by atoms with E-state index in [0.29, 0.717) is 16.8 Å². The minimum atomic E-state index is -0.376. The highest BCUT2D eigenvalue weighted by Gasteiger charge is 2.06. The van der Waals surface area contributed by atoms with Gasteiger partial charge in [0, 0.05) is 17.7 Å². The summed E-state index contributed by atoms with van der Waals surface area (Å²) in [6.45, 7) is 5.16. The van der Waals surface area contributed by atoms with Gasteiger partial charge in [0.25, 0.3) is 0 Å². The molecule has 0 aliphatic carbocycles. The first-order valence-electron chi connectivity index (χ1n) is 4.23. The van der Waals surface area contributed by atoms with E-state index in [1.54, 1.807) is 0 Å². The van der Waals surface area contributed by atoms with E-state index < -0.39 is 0 Å². The van der Waals surface area contributed by atoms with Gasteiger partial charge in [0.05, 0.1) is 0 Å². The maximum Gasteiger partial charge on any atom is 0.134 e. The number of carbonyl (C=O) groups is 1. The van der Waals surface area contributed by atoms with Crippen molar-refractivity contribution >= 4 is 17.0 Å². The summed E-state index contributed by atoms with van der Waals surface area (Å²) in [4.78, 5) is 10.8. The highest BCUT2D eigenvalue weighted by molar-refractivity contribution is 5.90. The van der Waals surface area contributed by atoms with Crippen LogP contribution in [0.2, 0.25) is 0 Å². The third kappa shape index (κ3) is 2.42. The Hall–Kier alpha value is -1.64. The van der Waals surface area contributed by atoms with Crippen LogP contribution >= 0.6 is 0 Å². The van der Waals surface area contributed by atoms with Gasteiger partial charge in [-0.15, -0.1) is 0 Å². The van der Waals surface area contributed by atoms with Crippen molar-refractivity contribution in [2.24, 2.45) is 0 Å². The number of carbonyl (C=O) groups excluding carboxylic acids is 1. The lowest BCUT2D eigenvalue weighted by Crippen LogP contribution is -1.97. The van der Waals surface area contributed by atoms with Gasteiger partial charge in [-0.1, -0.05) is 6.58 Å². The van der Waals surface area contributed by atoms with Gasteiger partial charge in [-0.3, -0.25) is 4.79 Å². The third-order valence-corrected chi connectivity index (χ3v) is 1.86. The van der Waals surface area contributed by atoms with Crippen molar-refractivity contribution < 1.29 is 9.18 Å². The second-order valence-electron chi connectivity index (χ2n) is 3.21. The number of hydrogen-bond donors (Lipinski definition) is 1. The molecule has 0 unspecified atom stereocenters. The van der Waals surface area contributed by atoms with Crippen LogP contribution in [0.4, 0.5) is 10.1 Å². The summed E-state index contributed by atoms with van der Waals surface area (Å²) < 4.78 is 12.9. The van der Waals surface area contributed by atoms with Crippen LogP contribution in [-0.2, 0) is 4.79 Å². The molecule has 14 heavy (non-hydrogen) atoms. The van der Waals surface area contributed by atoms with Crippen molar-refractivity contribution in [3.8, 4) is 0 Å². The van der Waals surface area contributed by atoms with Crippen LogP contribution in [-0.4, -0.2) is 5.78 Å². The highest BCUT2D eigenvalue weighted by atomic mass is 19.1. The molecule has 0 spiro atoms. The standard InChI is InChI=1S/C11H12FNO/c1-7(5-8(2)14)10-6-9(12)3-4-11(10)13/h3-4,6H,1,5,13H2,2H3. The van der Waals surface area contributed by atoms with Crippen LogP contribution in [0.1, 0.15) is 18.9 Å². The molecule has 0 fully saturated rings. The predicted molar refractivity (Wildman–Crippen MR) is 55.1 cm³/mol. The molecule has 0 heterocycles. The van der Waals surface area contributed by atoms with Gasteiger partial charge in [0.1, 0.15) is 11.6 Å². The molecule has 2 N–H and O–H groups in total. The van der Waals surface area contributed by atoms with Crippen LogP contribution in [0.5, 0.6) is 0 Å². The Kier molecular flexibility index (Phi) is 3.02. The Labute approximate surface area is 82.2 Å². The average Bonchev–Trinajstić information content (AvgIpc) is 2.08. The maximum atomic E-state index is 12.9. The summed E-state index contributed by atoms with van der Waals surface area (Å²) in [7, 11) is 0. The molecule has 74 valence electrons. The molecule has 0 aliphatic rings. The van der Waals surface area contributed by atoms with Gasteiger partial charge in [0.2, 0.25) is 0 Å². The van der Waals surface area contributed by atoms with E-state index in [2.05, 4.69) is 6.58 Å². The summed E-state index contributed by atoms with van der Waals surface area (Å²) in [5, 5.41) is 0. The first-order chi connectivity index (χ1) is 6.50. The number of hydrogen-bond acceptors (Lipinski definition) is 2. The number of ketones is 1. The van der Waals surface area contributed by atoms with Crippen molar-refractivity contribution in [1.29, 1.82) is 0 Å². The van der Waals surface area contributed by atoms with Gasteiger partial charge < -0.3 is 5.73 Å². The molecule has 0 aliphatic heterocycles. The van der Waals surface area contributed by atoms with E-state index in [1.807, 2.05) is 0 Å². The predicted octanol–water partition coefficient (Wildman–Crippen LogP) is 2.40. The van der Waals surface area contributed by atoms with E-state index in [4.69, 9.17) is 5.73 Å². The van der Waals surface area contributed by atoms with Gasteiger partial charge in [0.15, 0.2) is 0 Å². The fraction of sp³-hybridized carbons (Fsp3) is 0.182. The smallest absolute Gasteiger partial charge is 0.134 e. The SMILES string of the molecule is C=C(CC(C)=O)c1cc(F)ccc1N. The number of anilines is 1. The second-order valence-corrected chi connectivity index (χ2v) is 3.21. The van der Waals surface area contributed by atoms with Gasteiger partial charge in [-0.05, 0) is 30.7 Å². The average molecular weight is 193 g/mol. The van der Waals surface area contributed by atoms with Crippen molar-refractivity contribution in [3.63, 3.8) is 0 Å². The Balaban J connectivity index is 3.00. The fourth-order valence-electron chi connectivity index (χ4n) is 1.23. The van der Waals surface area contributed by atoms with Crippen LogP contribution in [0, 0.1) is 5.82 Å². The van der Waals surface area contributed by atoms with E-state index in [1.165, 1.54) is 25.1 Å². The highest BCUT2D eigenvalue weighted by Crippen LogP contribution is 2.23. The van der Waals surface area contributed by atoms with E-state index in [-0.39, 0.29) is 18.0 Å². The summed E-state index contributed by atoms with van der Waals surface area (Å²) >= 11 is 0. The van der Waals surface area contributed by atoms with Crippen LogP contribution < -0.4 is 5.73 Å². The molecule has 1 aromatic rings. The van der Waals surface area contributed by atoms with Gasteiger partial charge >= 0.3 is 0 Å². The molecule has 0 aromatic heterocycles. The number of nitrogens with two attached hydrogens (primary N) is 1. The number of allylic oxidation sites excluding steroid dienone is 1. The topological polar surface area (TPSA) is 43.1 Å². The molecule has 0 radical (unpaired) electrons. The van der Waals surface area contributed by atoms with Crippen LogP contribution in [0.3, 0.4) is 0 Å². The van der Waals surface area contributed by atoms with Crippen LogP contribution in [0.25, 0.3) is 5.57 Å². The molecule has 0 saturated carbocycles. The Bertz CT molecular complexity index is 385. The van der Waals surface area contributed by atoms with Gasteiger partial charge in [-0.2, -0.15) is 0 Å². The molecular weight excluding hydrogens is 181 g/mol. The summed E-state index contributed by atoms with van der Waals surface area (Å²) in [6.07, 6.45) is 0.202. The molecule has 0 bridgehead atoms. The van der Waals surface area contributed by atoms with Crippen LogP contribution in [0.15, 0.2) is 24.8 Å². The first-order valence-corrected chi connectivity index (χ1v) is 4.23. The number of rotatable bonds is 3. The molecule has 2 nitrogen and oxygen atoms in total. The molecule has 0 atom stereocenters. The molecule has 1 rings (SSSR count). The molecule has 0 saturated heterocycles. The second kappa shape index (κ2) is 4.05. The lowest BCUT2D eigenvalue weighted by Gasteiger charge is -2.07. The van der Waals surface area contributed by atoms with Crippen molar-refractivity contribution in [2.75, 3.05) is 5.73 Å². The number of Topliss-reactive ketones (excluding diaryl/α,β-unsaturated/α-hetero) is 1. The molecule has 1 aromatic carbocycles. The molecular formula is C11H12FNO. The fourth-order valence-corrected chi connectivity index (χ4v) is 1.23. The zero-order chi connectivity index (χ0) is 10.7. The number of nitrogen functional groups attached to an aromatic ring is 1. The zero-order valence-electron chi connectivity index (χ0n) is 8.01. The summed E-state index contributed by atoms with van der Waals surface area (Å²) in [5.41, 5.74) is 7.13. The minimum Gasteiger partial charge on any atom is -0.398 e. The van der Waals surface area contributed by atoms with Crippen molar-refractivity contribution in [3.05, 3.63) is 36.2 Å². The van der Waals surface area contributed by atoms with Crippen molar-refractivity contribution in [2.45, 2.75) is 13.3 Å². The van der Waals surface area contributed by atoms with E-state index in [9.17, 15) is 9.18 Å². The quantitative estimate of drug-likeness (QED) is 0.749. The van der Waals surface area contributed by atoms with Crippen molar-refractivity contribution in [1.82, 2.24) is 0 Å². The normalized spacial score (nSPS) is 9.86. The lowest BCUT2D eigenvalue weighted by molar-refractivity contribution is -0.116. The maximum absolute atomic E-state index is 12.9. The molecule has 0 amide bonds. The lowest BCUT2D eigenvalue weighted by atomic mass is 10.0. The monoisotopic (exact) mass is 193 g/mol. The summed E-state index contributed by atoms with van der Waals surface area (Å²) in [6, 6.07) is 4.04.